The molecule has 0 spiro atoms. The topological polar surface area (TPSA) is 50.4 Å². The molecule has 0 saturated heterocycles. The number of hydrogen-bond donors (Lipinski definition) is 1. The van der Waals surface area contributed by atoms with Gasteiger partial charge in [-0.25, -0.2) is 4.98 Å². The summed E-state index contributed by atoms with van der Waals surface area (Å²) in [6, 6.07) is 12.0. The third kappa shape index (κ3) is 2.25. The van der Waals surface area contributed by atoms with Crippen molar-refractivity contribution < 1.29 is 4.42 Å². The number of hydrazone groups is 1. The van der Waals surface area contributed by atoms with E-state index in [1.165, 1.54) is 5.56 Å². The summed E-state index contributed by atoms with van der Waals surface area (Å²) in [5.74, 6) is 0.788. The van der Waals surface area contributed by atoms with E-state index < -0.39 is 0 Å². The molecule has 22 heavy (non-hydrogen) atoms. The first-order valence-electron chi connectivity index (χ1n) is 7.13. The Hall–Kier alpha value is -2.33. The Morgan fingerprint density at radius 1 is 1.27 bits per heavy atom. The minimum atomic E-state index is 0.0185. The van der Waals surface area contributed by atoms with Gasteiger partial charge in [0.15, 0.2) is 0 Å². The number of nitrogens with one attached hydrogen (secondary N) is 1. The van der Waals surface area contributed by atoms with Crippen molar-refractivity contribution in [2.45, 2.75) is 19.4 Å². The van der Waals surface area contributed by atoms with E-state index in [2.05, 4.69) is 34.6 Å². The van der Waals surface area contributed by atoms with Gasteiger partial charge in [-0.05, 0) is 37.3 Å². The van der Waals surface area contributed by atoms with E-state index in [1.54, 1.807) is 6.26 Å². The summed E-state index contributed by atoms with van der Waals surface area (Å²) in [7, 11) is 0. The lowest BCUT2D eigenvalue weighted by atomic mass is 10.0. The lowest BCUT2D eigenvalue weighted by Gasteiger charge is -2.13. The van der Waals surface area contributed by atoms with E-state index in [0.29, 0.717) is 5.15 Å². The summed E-state index contributed by atoms with van der Waals surface area (Å²) in [6.07, 6.45) is 2.38. The van der Waals surface area contributed by atoms with Crippen LogP contribution >= 0.6 is 11.6 Å². The molecule has 4 nitrogen and oxygen atoms in total. The molecule has 1 aliphatic heterocycles. The number of halogens is 1. The first-order chi connectivity index (χ1) is 10.7. The number of pyridine rings is 1. The lowest BCUT2D eigenvalue weighted by molar-refractivity contribution is 0.555. The van der Waals surface area contributed by atoms with Crippen molar-refractivity contribution in [1.29, 1.82) is 0 Å². The van der Waals surface area contributed by atoms with Crippen molar-refractivity contribution in [1.82, 2.24) is 10.4 Å². The fourth-order valence-corrected chi connectivity index (χ4v) is 3.03. The molecule has 0 amide bonds. The van der Waals surface area contributed by atoms with Gasteiger partial charge in [0.25, 0.3) is 0 Å². The molecule has 1 aliphatic rings. The van der Waals surface area contributed by atoms with E-state index in [-0.39, 0.29) is 6.04 Å². The van der Waals surface area contributed by atoms with Crippen molar-refractivity contribution in [3.05, 3.63) is 64.7 Å². The van der Waals surface area contributed by atoms with Crippen molar-refractivity contribution >= 4 is 28.2 Å². The molecule has 4 rings (SSSR count). The van der Waals surface area contributed by atoms with Crippen LogP contribution < -0.4 is 5.43 Å². The monoisotopic (exact) mass is 311 g/mol. The predicted octanol–water partition coefficient (Wildman–Crippen LogP) is 4.23. The number of aryl methyl sites for hydroxylation is 1. The average molecular weight is 312 g/mol. The predicted molar refractivity (Wildman–Crippen MR) is 87.2 cm³/mol. The highest BCUT2D eigenvalue weighted by Gasteiger charge is 2.25. The molecule has 1 atom stereocenters. The normalized spacial score (nSPS) is 17.5. The smallest absolute Gasteiger partial charge is 0.149 e. The van der Waals surface area contributed by atoms with E-state index in [4.69, 9.17) is 16.0 Å². The summed E-state index contributed by atoms with van der Waals surface area (Å²) in [6.45, 7) is 2.07. The van der Waals surface area contributed by atoms with Crippen molar-refractivity contribution in [3.63, 3.8) is 0 Å². The minimum Gasteiger partial charge on any atom is -0.463 e. The van der Waals surface area contributed by atoms with Gasteiger partial charge in [-0.1, -0.05) is 23.2 Å². The summed E-state index contributed by atoms with van der Waals surface area (Å²) in [5.41, 5.74) is 7.11. The van der Waals surface area contributed by atoms with Gasteiger partial charge >= 0.3 is 0 Å². The van der Waals surface area contributed by atoms with E-state index in [9.17, 15) is 0 Å². The molecule has 1 unspecified atom stereocenters. The maximum atomic E-state index is 6.37. The summed E-state index contributed by atoms with van der Waals surface area (Å²) < 4.78 is 5.40. The quantitative estimate of drug-likeness (QED) is 0.721. The molecule has 0 aliphatic carbocycles. The van der Waals surface area contributed by atoms with Gasteiger partial charge in [0, 0.05) is 17.4 Å². The highest BCUT2D eigenvalue weighted by molar-refractivity contribution is 6.30. The van der Waals surface area contributed by atoms with E-state index in [1.807, 2.05) is 24.3 Å². The molecule has 1 aromatic carbocycles. The molecule has 0 saturated carbocycles. The molecule has 2 aromatic heterocycles. The van der Waals surface area contributed by atoms with Crippen LogP contribution in [0.4, 0.5) is 0 Å². The fraction of sp³-hybridized carbons (Fsp3) is 0.176. The van der Waals surface area contributed by atoms with Gasteiger partial charge < -0.3 is 9.84 Å². The van der Waals surface area contributed by atoms with Crippen LogP contribution in [0.25, 0.3) is 10.9 Å². The van der Waals surface area contributed by atoms with Crippen molar-refractivity contribution in [3.8, 4) is 0 Å². The van der Waals surface area contributed by atoms with Gasteiger partial charge in [0.1, 0.15) is 16.6 Å². The molecule has 5 heteroatoms. The first kappa shape index (κ1) is 13.3. The van der Waals surface area contributed by atoms with Crippen LogP contribution in [0.3, 0.4) is 0 Å². The second-order valence-corrected chi connectivity index (χ2v) is 5.84. The molecular formula is C17H14ClN3O. The van der Waals surface area contributed by atoms with E-state index in [0.717, 1.165) is 34.4 Å². The number of aromatic nitrogens is 1. The molecule has 1 N–H and O–H groups in total. The Kier molecular flexibility index (Phi) is 3.12. The van der Waals surface area contributed by atoms with Crippen LogP contribution in [0.15, 0.2) is 52.2 Å². The number of benzene rings is 1. The van der Waals surface area contributed by atoms with Crippen LogP contribution in [-0.4, -0.2) is 10.7 Å². The minimum absolute atomic E-state index is 0.0185. The number of furan rings is 1. The van der Waals surface area contributed by atoms with Gasteiger partial charge in [0.2, 0.25) is 0 Å². The molecule has 0 fully saturated rings. The van der Waals surface area contributed by atoms with Crippen LogP contribution in [0.1, 0.15) is 29.3 Å². The van der Waals surface area contributed by atoms with Crippen LogP contribution in [0.5, 0.6) is 0 Å². The second kappa shape index (κ2) is 5.14. The van der Waals surface area contributed by atoms with Gasteiger partial charge in [-0.15, -0.1) is 0 Å². The van der Waals surface area contributed by atoms with E-state index >= 15 is 0 Å². The maximum absolute atomic E-state index is 6.37. The average Bonchev–Trinajstić information content (AvgIpc) is 3.17. The van der Waals surface area contributed by atoms with Gasteiger partial charge in [-0.3, -0.25) is 0 Å². The molecule has 0 radical (unpaired) electrons. The third-order valence-electron chi connectivity index (χ3n) is 3.88. The fourth-order valence-electron chi connectivity index (χ4n) is 2.75. The van der Waals surface area contributed by atoms with Crippen LogP contribution in [-0.2, 0) is 0 Å². The SMILES string of the molecule is Cc1ccc2nc(Cl)c(C3CC(c4ccco4)=NN3)cc2c1. The Bertz CT molecular complexity index is 871. The van der Waals surface area contributed by atoms with Crippen molar-refractivity contribution in [2.75, 3.05) is 0 Å². The van der Waals surface area contributed by atoms with Crippen LogP contribution in [0.2, 0.25) is 5.15 Å². The van der Waals surface area contributed by atoms with Crippen LogP contribution in [0, 0.1) is 6.92 Å². The highest BCUT2D eigenvalue weighted by atomic mass is 35.5. The Balaban J connectivity index is 1.69. The number of nitrogens with zero attached hydrogens (tertiary/aromatic N) is 2. The Labute approximate surface area is 132 Å². The zero-order valence-corrected chi connectivity index (χ0v) is 12.8. The number of rotatable bonds is 2. The Morgan fingerprint density at radius 2 is 2.18 bits per heavy atom. The maximum Gasteiger partial charge on any atom is 0.149 e. The zero-order valence-electron chi connectivity index (χ0n) is 12.0. The second-order valence-electron chi connectivity index (χ2n) is 5.49. The van der Waals surface area contributed by atoms with Crippen molar-refractivity contribution in [2.24, 2.45) is 5.10 Å². The summed E-state index contributed by atoms with van der Waals surface area (Å²) in [4.78, 5) is 4.50. The molecular weight excluding hydrogens is 298 g/mol. The number of fused-ring (bicyclic) bond motifs is 1. The molecule has 3 aromatic rings. The summed E-state index contributed by atoms with van der Waals surface area (Å²) in [5, 5.41) is 5.97. The zero-order chi connectivity index (χ0) is 15.1. The lowest BCUT2D eigenvalue weighted by Crippen LogP contribution is -2.11. The molecule has 0 bridgehead atoms. The highest BCUT2D eigenvalue weighted by Crippen LogP contribution is 2.31. The number of hydrogen-bond acceptors (Lipinski definition) is 4. The standard InChI is InChI=1S/C17H14ClN3O/c1-10-4-5-13-11(7-10)8-12(17(18)19-13)14-9-15(21-20-14)16-3-2-6-22-16/h2-8,14,20H,9H2,1H3. The Morgan fingerprint density at radius 3 is 3.00 bits per heavy atom. The molecule has 3 heterocycles. The van der Waals surface area contributed by atoms with Gasteiger partial charge in [0.05, 0.1) is 17.8 Å². The third-order valence-corrected chi connectivity index (χ3v) is 4.19. The summed E-state index contributed by atoms with van der Waals surface area (Å²) >= 11 is 6.37. The van der Waals surface area contributed by atoms with Gasteiger partial charge in [-0.2, -0.15) is 5.10 Å². The largest absolute Gasteiger partial charge is 0.463 e. The first-order valence-corrected chi connectivity index (χ1v) is 7.51. The molecule has 110 valence electrons.